The van der Waals surface area contributed by atoms with Crippen LogP contribution in [0.2, 0.25) is 0 Å². The molecule has 0 aliphatic rings. The van der Waals surface area contributed by atoms with Gasteiger partial charge in [0.25, 0.3) is 0 Å². The van der Waals surface area contributed by atoms with E-state index in [4.69, 9.17) is 0 Å². The Hall–Kier alpha value is -2.56. The number of thioether (sulfide) groups is 1. The highest BCUT2D eigenvalue weighted by molar-refractivity contribution is 7.98. The van der Waals surface area contributed by atoms with E-state index in [1.165, 1.54) is 43.5 Å². The van der Waals surface area contributed by atoms with Gasteiger partial charge in [0.15, 0.2) is 0 Å². The van der Waals surface area contributed by atoms with Gasteiger partial charge in [-0.05, 0) is 62.8 Å². The SMILES string of the molecule is CSc1n(Cc2ccc3ccccc3c2)c(C)c[n+]1Cc1ccc2ccccc2c1.[Br-]. The summed E-state index contributed by atoms with van der Waals surface area (Å²) in [5.74, 6) is 0. The van der Waals surface area contributed by atoms with Crippen LogP contribution in [0.15, 0.2) is 96.3 Å². The van der Waals surface area contributed by atoms with Crippen molar-refractivity contribution in [3.05, 3.63) is 108 Å². The van der Waals surface area contributed by atoms with Crippen molar-refractivity contribution in [2.24, 2.45) is 0 Å². The van der Waals surface area contributed by atoms with E-state index in [0.717, 1.165) is 13.1 Å². The van der Waals surface area contributed by atoms with Crippen molar-refractivity contribution in [3.63, 3.8) is 0 Å². The summed E-state index contributed by atoms with van der Waals surface area (Å²) in [5, 5.41) is 6.47. The lowest BCUT2D eigenvalue weighted by Crippen LogP contribution is -3.00. The fourth-order valence-corrected chi connectivity index (χ4v) is 5.02. The predicted molar refractivity (Wildman–Crippen MR) is 127 cm³/mol. The molecule has 0 aliphatic heterocycles. The lowest BCUT2D eigenvalue weighted by molar-refractivity contribution is -0.725. The number of fused-ring (bicyclic) bond motifs is 2. The van der Waals surface area contributed by atoms with Gasteiger partial charge in [0, 0.05) is 6.92 Å². The second-order valence-corrected chi connectivity index (χ2v) is 8.61. The van der Waals surface area contributed by atoms with Crippen LogP contribution >= 0.6 is 11.8 Å². The number of nitrogens with zero attached hydrogens (tertiary/aromatic N) is 2. The molecule has 31 heavy (non-hydrogen) atoms. The first kappa shape index (κ1) is 21.7. The zero-order valence-electron chi connectivity index (χ0n) is 17.8. The number of aromatic nitrogens is 2. The second-order valence-electron chi connectivity index (χ2n) is 7.83. The summed E-state index contributed by atoms with van der Waals surface area (Å²) in [5.41, 5.74) is 3.95. The largest absolute Gasteiger partial charge is 1.00 e. The molecule has 156 valence electrons. The van der Waals surface area contributed by atoms with Crippen molar-refractivity contribution in [1.29, 1.82) is 0 Å². The minimum atomic E-state index is 0. The van der Waals surface area contributed by atoms with E-state index in [9.17, 15) is 0 Å². The summed E-state index contributed by atoms with van der Waals surface area (Å²) < 4.78 is 4.81. The predicted octanol–water partition coefficient (Wildman–Crippen LogP) is 3.21. The van der Waals surface area contributed by atoms with Crippen LogP contribution in [0.3, 0.4) is 0 Å². The Morgan fingerprint density at radius 1 is 0.742 bits per heavy atom. The van der Waals surface area contributed by atoms with E-state index in [0.29, 0.717) is 0 Å². The van der Waals surface area contributed by atoms with Gasteiger partial charge in [0.1, 0.15) is 25.0 Å². The zero-order chi connectivity index (χ0) is 20.5. The van der Waals surface area contributed by atoms with E-state index in [1.807, 2.05) is 11.8 Å². The van der Waals surface area contributed by atoms with E-state index < -0.39 is 0 Å². The summed E-state index contributed by atoms with van der Waals surface area (Å²) in [7, 11) is 0. The van der Waals surface area contributed by atoms with Crippen molar-refractivity contribution >= 4 is 33.3 Å². The van der Waals surface area contributed by atoms with E-state index in [1.54, 1.807) is 0 Å². The van der Waals surface area contributed by atoms with Gasteiger partial charge in [-0.3, -0.25) is 0 Å². The first-order chi connectivity index (χ1) is 14.7. The molecule has 0 atom stereocenters. The Morgan fingerprint density at radius 3 is 1.90 bits per heavy atom. The van der Waals surface area contributed by atoms with Gasteiger partial charge in [-0.2, -0.15) is 0 Å². The summed E-state index contributed by atoms with van der Waals surface area (Å²) in [6.45, 7) is 3.97. The number of rotatable bonds is 5. The molecule has 0 saturated heterocycles. The number of benzene rings is 4. The topological polar surface area (TPSA) is 8.81 Å². The summed E-state index contributed by atoms with van der Waals surface area (Å²) in [6, 6.07) is 30.7. The van der Waals surface area contributed by atoms with Crippen molar-refractivity contribution < 1.29 is 21.5 Å². The molecular weight excluding hydrogens is 464 g/mol. The van der Waals surface area contributed by atoms with Gasteiger partial charge in [0.2, 0.25) is 0 Å². The molecule has 0 aliphatic carbocycles. The maximum absolute atomic E-state index is 2.43. The third kappa shape index (κ3) is 4.41. The Kier molecular flexibility index (Phi) is 6.49. The average molecular weight is 489 g/mol. The standard InChI is InChI=1S/C27H25N2S.BrH/c1-20-17-28(18-21-11-13-23-7-3-5-9-25(23)15-21)27(30-2)29(20)19-22-12-14-24-8-4-6-10-26(24)16-22;/h3-17H,18-19H2,1-2H3;1H/q+1;/p-1. The lowest BCUT2D eigenvalue weighted by Gasteiger charge is -2.06. The molecule has 1 aromatic heterocycles. The van der Waals surface area contributed by atoms with Gasteiger partial charge < -0.3 is 17.0 Å². The molecule has 0 N–H and O–H groups in total. The molecule has 2 nitrogen and oxygen atoms in total. The van der Waals surface area contributed by atoms with Crippen molar-refractivity contribution in [2.75, 3.05) is 6.26 Å². The van der Waals surface area contributed by atoms with Gasteiger partial charge >= 0.3 is 5.16 Å². The van der Waals surface area contributed by atoms with E-state index in [-0.39, 0.29) is 17.0 Å². The molecule has 0 unspecified atom stereocenters. The zero-order valence-corrected chi connectivity index (χ0v) is 20.2. The first-order valence-corrected chi connectivity index (χ1v) is 11.5. The van der Waals surface area contributed by atoms with E-state index in [2.05, 4.69) is 113 Å². The highest BCUT2D eigenvalue weighted by Crippen LogP contribution is 2.21. The maximum Gasteiger partial charge on any atom is 0.318 e. The van der Waals surface area contributed by atoms with Crippen LogP contribution in [0, 0.1) is 6.92 Å². The molecule has 4 heteroatoms. The quantitative estimate of drug-likeness (QED) is 0.272. The number of imidazole rings is 1. The summed E-state index contributed by atoms with van der Waals surface area (Å²) >= 11 is 1.81. The Morgan fingerprint density at radius 2 is 1.29 bits per heavy atom. The highest BCUT2D eigenvalue weighted by atomic mass is 79.9. The fraction of sp³-hybridized carbons (Fsp3) is 0.148. The van der Waals surface area contributed by atoms with E-state index >= 15 is 0 Å². The van der Waals surface area contributed by atoms with Crippen molar-refractivity contribution in [2.45, 2.75) is 25.2 Å². The molecule has 0 radical (unpaired) electrons. The van der Waals surface area contributed by atoms with Crippen molar-refractivity contribution in [1.82, 2.24) is 4.57 Å². The Labute approximate surface area is 198 Å². The van der Waals surface area contributed by atoms with Gasteiger partial charge in [-0.25, -0.2) is 9.13 Å². The number of halogens is 1. The Bertz CT molecular complexity index is 1360. The average Bonchev–Trinajstić information content (AvgIpc) is 3.07. The minimum Gasteiger partial charge on any atom is -1.00 e. The lowest BCUT2D eigenvalue weighted by atomic mass is 10.1. The number of hydrogen-bond acceptors (Lipinski definition) is 1. The van der Waals surface area contributed by atoms with Gasteiger partial charge in [0.05, 0.1) is 0 Å². The maximum atomic E-state index is 2.43. The van der Waals surface area contributed by atoms with Gasteiger partial charge in [-0.1, -0.05) is 72.8 Å². The van der Waals surface area contributed by atoms with Crippen LogP contribution in [0.4, 0.5) is 0 Å². The molecule has 4 aromatic carbocycles. The Balaban J connectivity index is 0.00000231. The summed E-state index contributed by atoms with van der Waals surface area (Å²) in [6.07, 6.45) is 4.45. The molecule has 5 rings (SSSR count). The molecule has 0 fully saturated rings. The molecule has 0 spiro atoms. The van der Waals surface area contributed by atoms with Crippen LogP contribution < -0.4 is 21.5 Å². The molecule has 0 bridgehead atoms. The number of aryl methyl sites for hydroxylation is 1. The molecule has 0 amide bonds. The van der Waals surface area contributed by atoms with Crippen LogP contribution in [0.5, 0.6) is 0 Å². The van der Waals surface area contributed by atoms with Crippen LogP contribution in [0.25, 0.3) is 21.5 Å². The third-order valence-electron chi connectivity index (χ3n) is 5.75. The second kappa shape index (κ2) is 9.29. The molecule has 1 heterocycles. The normalized spacial score (nSPS) is 11.0. The van der Waals surface area contributed by atoms with Crippen LogP contribution in [-0.4, -0.2) is 10.8 Å². The van der Waals surface area contributed by atoms with Gasteiger partial charge in [-0.15, -0.1) is 0 Å². The first-order valence-electron chi connectivity index (χ1n) is 10.3. The molecule has 0 saturated carbocycles. The van der Waals surface area contributed by atoms with Crippen LogP contribution in [-0.2, 0) is 13.1 Å². The number of hydrogen-bond donors (Lipinski definition) is 0. The fourth-order valence-electron chi connectivity index (χ4n) is 4.24. The smallest absolute Gasteiger partial charge is 0.318 e. The molecular formula is C27H25BrN2S. The third-order valence-corrected chi connectivity index (χ3v) is 6.57. The van der Waals surface area contributed by atoms with Crippen molar-refractivity contribution in [3.8, 4) is 0 Å². The minimum absolute atomic E-state index is 0. The summed E-state index contributed by atoms with van der Waals surface area (Å²) in [4.78, 5) is 0. The van der Waals surface area contributed by atoms with Crippen LogP contribution in [0.1, 0.15) is 16.8 Å². The molecule has 5 aromatic rings. The monoisotopic (exact) mass is 488 g/mol. The highest BCUT2D eigenvalue weighted by Gasteiger charge is 2.21.